The first-order chi connectivity index (χ1) is 14.6. The Bertz CT molecular complexity index is 1180. The average Bonchev–Trinajstić information content (AvgIpc) is 3.14. The molecule has 1 aliphatic heterocycles. The SMILES string of the molecule is Cc1ccc(S(=O)(=O)N2C(=O)CC[C@@H]2C(=O)O/N=C(/N)c2cccc([N+](=O)[O-])c2)cc1. The zero-order chi connectivity index (χ0) is 22.8. The summed E-state index contributed by atoms with van der Waals surface area (Å²) in [7, 11) is -4.28. The van der Waals surface area contributed by atoms with E-state index in [0.717, 1.165) is 11.6 Å². The van der Waals surface area contributed by atoms with Crippen molar-refractivity contribution in [2.75, 3.05) is 0 Å². The number of aryl methyl sites for hydroxylation is 1. The van der Waals surface area contributed by atoms with E-state index in [9.17, 15) is 28.1 Å². The van der Waals surface area contributed by atoms with Crippen LogP contribution in [0.15, 0.2) is 58.6 Å². The van der Waals surface area contributed by atoms with Gasteiger partial charge in [-0.25, -0.2) is 17.5 Å². The van der Waals surface area contributed by atoms with Gasteiger partial charge in [-0.2, -0.15) is 0 Å². The number of nitrogens with zero attached hydrogens (tertiary/aromatic N) is 3. The lowest BCUT2D eigenvalue weighted by Gasteiger charge is -2.22. The predicted molar refractivity (Wildman–Crippen MR) is 108 cm³/mol. The zero-order valence-corrected chi connectivity index (χ0v) is 17.1. The summed E-state index contributed by atoms with van der Waals surface area (Å²) < 4.78 is 26.3. The number of carbonyl (C=O) groups is 2. The van der Waals surface area contributed by atoms with Gasteiger partial charge in [0, 0.05) is 24.1 Å². The Morgan fingerprint density at radius 3 is 2.58 bits per heavy atom. The molecule has 0 bridgehead atoms. The Kier molecular flexibility index (Phi) is 6.02. The molecule has 1 amide bonds. The fourth-order valence-corrected chi connectivity index (χ4v) is 4.58. The number of sulfonamides is 1. The molecule has 2 aromatic carbocycles. The summed E-state index contributed by atoms with van der Waals surface area (Å²) in [6.07, 6.45) is -0.232. The van der Waals surface area contributed by atoms with E-state index >= 15 is 0 Å². The quantitative estimate of drug-likeness (QED) is 0.229. The Balaban J connectivity index is 1.81. The second kappa shape index (κ2) is 8.52. The molecule has 2 aromatic rings. The minimum atomic E-state index is -4.28. The predicted octanol–water partition coefficient (Wildman–Crippen LogP) is 1.45. The van der Waals surface area contributed by atoms with Crippen LogP contribution in [0.2, 0.25) is 0 Å². The molecule has 1 atom stereocenters. The van der Waals surface area contributed by atoms with Gasteiger partial charge < -0.3 is 10.6 Å². The first-order valence-corrected chi connectivity index (χ1v) is 10.5. The molecule has 31 heavy (non-hydrogen) atoms. The lowest BCUT2D eigenvalue weighted by Crippen LogP contribution is -2.43. The Morgan fingerprint density at radius 2 is 1.94 bits per heavy atom. The standard InChI is InChI=1S/C19H18N4O7S/c1-12-5-7-15(8-6-12)31(28,29)22-16(9-10-17(22)24)19(25)30-21-18(20)13-3-2-4-14(11-13)23(26)27/h2-8,11,16H,9-10H2,1H3,(H2,20,21)/t16-/m1/s1. The molecule has 1 saturated heterocycles. The molecule has 2 N–H and O–H groups in total. The molecule has 1 fully saturated rings. The maximum absolute atomic E-state index is 12.9. The van der Waals surface area contributed by atoms with Gasteiger partial charge in [0.2, 0.25) is 5.91 Å². The number of amides is 1. The molecule has 0 spiro atoms. The van der Waals surface area contributed by atoms with Gasteiger partial charge in [-0.05, 0) is 25.5 Å². The topological polar surface area (TPSA) is 162 Å². The Morgan fingerprint density at radius 1 is 1.26 bits per heavy atom. The number of nitro groups is 1. The number of nitrogens with two attached hydrogens (primary N) is 1. The van der Waals surface area contributed by atoms with Crippen LogP contribution in [0.4, 0.5) is 5.69 Å². The van der Waals surface area contributed by atoms with Crippen LogP contribution in [0.5, 0.6) is 0 Å². The third-order valence-electron chi connectivity index (χ3n) is 4.60. The summed E-state index contributed by atoms with van der Waals surface area (Å²) in [6.45, 7) is 1.78. The third-order valence-corrected chi connectivity index (χ3v) is 6.44. The van der Waals surface area contributed by atoms with Crippen LogP contribution >= 0.6 is 0 Å². The smallest absolute Gasteiger partial charge is 0.358 e. The van der Waals surface area contributed by atoms with Gasteiger partial charge in [-0.15, -0.1) is 0 Å². The molecule has 0 saturated carbocycles. The molecule has 0 unspecified atom stereocenters. The van der Waals surface area contributed by atoms with E-state index in [2.05, 4.69) is 5.16 Å². The first-order valence-electron chi connectivity index (χ1n) is 9.04. The molecular formula is C19H18N4O7S. The number of hydrogen-bond donors (Lipinski definition) is 1. The number of oxime groups is 1. The highest BCUT2D eigenvalue weighted by Crippen LogP contribution is 2.28. The van der Waals surface area contributed by atoms with Crippen LogP contribution < -0.4 is 5.73 Å². The molecule has 0 radical (unpaired) electrons. The fourth-order valence-electron chi connectivity index (χ4n) is 2.99. The van der Waals surface area contributed by atoms with Gasteiger partial charge in [-0.3, -0.25) is 14.9 Å². The number of carbonyl (C=O) groups excluding carboxylic acids is 2. The molecule has 1 aliphatic rings. The Hall–Kier alpha value is -3.80. The van der Waals surface area contributed by atoms with Gasteiger partial charge in [0.05, 0.1) is 9.82 Å². The number of hydrogen-bond acceptors (Lipinski definition) is 8. The summed E-state index contributed by atoms with van der Waals surface area (Å²) in [5.74, 6) is -2.15. The lowest BCUT2D eigenvalue weighted by molar-refractivity contribution is -0.384. The third kappa shape index (κ3) is 4.53. The van der Waals surface area contributed by atoms with Crippen molar-refractivity contribution in [1.82, 2.24) is 4.31 Å². The van der Waals surface area contributed by atoms with Crippen LogP contribution in [0.1, 0.15) is 24.0 Å². The van der Waals surface area contributed by atoms with Crippen LogP contribution in [0.25, 0.3) is 0 Å². The number of benzene rings is 2. The van der Waals surface area contributed by atoms with Crippen molar-refractivity contribution in [1.29, 1.82) is 0 Å². The van der Waals surface area contributed by atoms with E-state index in [0.29, 0.717) is 4.31 Å². The zero-order valence-electron chi connectivity index (χ0n) is 16.3. The molecular weight excluding hydrogens is 428 g/mol. The highest BCUT2D eigenvalue weighted by molar-refractivity contribution is 7.89. The monoisotopic (exact) mass is 446 g/mol. The van der Waals surface area contributed by atoms with Crippen molar-refractivity contribution in [3.8, 4) is 0 Å². The van der Waals surface area contributed by atoms with Crippen LogP contribution in [0, 0.1) is 17.0 Å². The second-order valence-electron chi connectivity index (χ2n) is 6.76. The second-order valence-corrected chi connectivity index (χ2v) is 8.57. The van der Waals surface area contributed by atoms with Crippen molar-refractivity contribution < 1.29 is 27.8 Å². The van der Waals surface area contributed by atoms with Crippen molar-refractivity contribution in [3.63, 3.8) is 0 Å². The molecule has 162 valence electrons. The van der Waals surface area contributed by atoms with E-state index in [4.69, 9.17) is 10.6 Å². The molecule has 11 nitrogen and oxygen atoms in total. The molecule has 12 heteroatoms. The van der Waals surface area contributed by atoms with E-state index in [1.165, 1.54) is 30.3 Å². The minimum Gasteiger partial charge on any atom is -0.380 e. The molecule has 3 rings (SSSR count). The van der Waals surface area contributed by atoms with Gasteiger partial charge in [0.15, 0.2) is 5.84 Å². The number of amidine groups is 1. The van der Waals surface area contributed by atoms with Gasteiger partial charge >= 0.3 is 5.97 Å². The fraction of sp³-hybridized carbons (Fsp3) is 0.211. The highest BCUT2D eigenvalue weighted by atomic mass is 32.2. The summed E-state index contributed by atoms with van der Waals surface area (Å²) in [6, 6.07) is 9.63. The largest absolute Gasteiger partial charge is 0.380 e. The minimum absolute atomic E-state index is 0.0744. The van der Waals surface area contributed by atoms with Gasteiger partial charge in [0.25, 0.3) is 15.7 Å². The molecule has 0 aliphatic carbocycles. The Labute approximate surface area is 177 Å². The van der Waals surface area contributed by atoms with E-state index in [1.807, 2.05) is 0 Å². The summed E-state index contributed by atoms with van der Waals surface area (Å²) in [4.78, 5) is 39.6. The highest BCUT2D eigenvalue weighted by Gasteiger charge is 2.45. The summed E-state index contributed by atoms with van der Waals surface area (Å²) >= 11 is 0. The van der Waals surface area contributed by atoms with Crippen LogP contribution in [0.3, 0.4) is 0 Å². The van der Waals surface area contributed by atoms with Gasteiger partial charge in [-0.1, -0.05) is 35.0 Å². The number of rotatable bonds is 6. The number of non-ortho nitro benzene ring substituents is 1. The van der Waals surface area contributed by atoms with Crippen molar-refractivity contribution >= 4 is 33.4 Å². The summed E-state index contributed by atoms with van der Waals surface area (Å²) in [5, 5.41) is 14.3. The van der Waals surface area contributed by atoms with Crippen LogP contribution in [-0.4, -0.2) is 41.4 Å². The van der Waals surface area contributed by atoms with E-state index < -0.39 is 32.9 Å². The van der Waals surface area contributed by atoms with E-state index in [-0.39, 0.29) is 34.8 Å². The first kappa shape index (κ1) is 21.9. The van der Waals surface area contributed by atoms with Crippen molar-refractivity contribution in [3.05, 3.63) is 69.8 Å². The average molecular weight is 446 g/mol. The maximum atomic E-state index is 12.9. The number of nitro benzene ring substituents is 1. The molecule has 1 heterocycles. The lowest BCUT2D eigenvalue weighted by atomic mass is 10.2. The van der Waals surface area contributed by atoms with Crippen molar-refractivity contribution in [2.24, 2.45) is 10.9 Å². The van der Waals surface area contributed by atoms with E-state index in [1.54, 1.807) is 19.1 Å². The molecule has 0 aromatic heterocycles. The maximum Gasteiger partial charge on any atom is 0.358 e. The van der Waals surface area contributed by atoms with Crippen molar-refractivity contribution in [2.45, 2.75) is 30.7 Å². The van der Waals surface area contributed by atoms with Crippen LogP contribution in [-0.2, 0) is 24.4 Å². The normalized spacial score (nSPS) is 16.9. The summed E-state index contributed by atoms with van der Waals surface area (Å²) in [5.41, 5.74) is 6.44. The van der Waals surface area contributed by atoms with Gasteiger partial charge in [0.1, 0.15) is 6.04 Å².